The number of H-pyrrole nitrogens is 1. The van der Waals surface area contributed by atoms with E-state index in [1.807, 2.05) is 18.5 Å². The van der Waals surface area contributed by atoms with E-state index in [0.717, 1.165) is 18.4 Å². The van der Waals surface area contributed by atoms with Crippen molar-refractivity contribution < 1.29 is 0 Å². The number of nitrogens with one attached hydrogen (secondary N) is 1. The van der Waals surface area contributed by atoms with Gasteiger partial charge in [-0.1, -0.05) is 6.07 Å². The van der Waals surface area contributed by atoms with Crippen LogP contribution in [0.15, 0.2) is 36.7 Å². The van der Waals surface area contributed by atoms with Gasteiger partial charge in [-0.3, -0.25) is 4.98 Å². The zero-order valence-electron chi connectivity index (χ0n) is 11.4. The van der Waals surface area contributed by atoms with Crippen molar-refractivity contribution in [1.29, 1.82) is 0 Å². The Labute approximate surface area is 112 Å². The summed E-state index contributed by atoms with van der Waals surface area (Å²) in [5, 5.41) is 2.43. The molecule has 1 aromatic carbocycles. The predicted molar refractivity (Wildman–Crippen MR) is 80.2 cm³/mol. The van der Waals surface area contributed by atoms with E-state index in [1.165, 1.54) is 21.9 Å². The molecule has 19 heavy (non-hydrogen) atoms. The van der Waals surface area contributed by atoms with Gasteiger partial charge in [0.25, 0.3) is 0 Å². The number of benzene rings is 1. The second-order valence-corrected chi connectivity index (χ2v) is 5.91. The molecule has 0 aliphatic carbocycles. The summed E-state index contributed by atoms with van der Waals surface area (Å²) in [6.45, 7) is 4.14. The normalized spacial score (nSPS) is 12.4. The predicted octanol–water partition coefficient (Wildman–Crippen LogP) is 3.39. The maximum Gasteiger partial charge on any atom is 0.0495 e. The van der Waals surface area contributed by atoms with Gasteiger partial charge in [-0.2, -0.15) is 0 Å². The van der Waals surface area contributed by atoms with Crippen LogP contribution in [-0.2, 0) is 6.42 Å². The van der Waals surface area contributed by atoms with Crippen LogP contribution in [-0.4, -0.2) is 15.5 Å². The molecular weight excluding hydrogens is 234 g/mol. The average molecular weight is 253 g/mol. The van der Waals surface area contributed by atoms with E-state index in [4.69, 9.17) is 5.73 Å². The highest BCUT2D eigenvalue weighted by Gasteiger charge is 2.11. The number of rotatable bonds is 3. The van der Waals surface area contributed by atoms with Gasteiger partial charge in [-0.15, -0.1) is 0 Å². The Bertz CT molecular complexity index is 720. The van der Waals surface area contributed by atoms with E-state index in [-0.39, 0.29) is 5.54 Å². The highest BCUT2D eigenvalue weighted by Crippen LogP contribution is 2.26. The fourth-order valence-corrected chi connectivity index (χ4v) is 2.41. The Morgan fingerprint density at radius 1 is 1.16 bits per heavy atom. The summed E-state index contributed by atoms with van der Waals surface area (Å²) in [7, 11) is 0. The molecule has 3 nitrogen and oxygen atoms in total. The Balaban J connectivity index is 2.02. The second-order valence-electron chi connectivity index (χ2n) is 5.91. The third-order valence-corrected chi connectivity index (χ3v) is 3.52. The van der Waals surface area contributed by atoms with Gasteiger partial charge in [0, 0.05) is 39.7 Å². The quantitative estimate of drug-likeness (QED) is 0.751. The molecule has 0 amide bonds. The summed E-state index contributed by atoms with van der Waals surface area (Å²) < 4.78 is 0. The van der Waals surface area contributed by atoms with Gasteiger partial charge in [0.2, 0.25) is 0 Å². The minimum Gasteiger partial charge on any atom is -0.354 e. The molecule has 0 fully saturated rings. The van der Waals surface area contributed by atoms with Crippen LogP contribution < -0.4 is 5.73 Å². The van der Waals surface area contributed by atoms with E-state index in [9.17, 15) is 0 Å². The van der Waals surface area contributed by atoms with Gasteiger partial charge in [0.05, 0.1) is 0 Å². The van der Waals surface area contributed by atoms with E-state index in [0.29, 0.717) is 0 Å². The summed E-state index contributed by atoms with van der Waals surface area (Å²) in [6, 6.07) is 8.59. The molecule has 0 radical (unpaired) electrons. The first-order chi connectivity index (χ1) is 9.03. The van der Waals surface area contributed by atoms with E-state index in [1.54, 1.807) is 0 Å². The summed E-state index contributed by atoms with van der Waals surface area (Å²) in [4.78, 5) is 7.62. The van der Waals surface area contributed by atoms with Crippen molar-refractivity contribution in [2.24, 2.45) is 5.73 Å². The van der Waals surface area contributed by atoms with Gasteiger partial charge in [-0.25, -0.2) is 0 Å². The van der Waals surface area contributed by atoms with Crippen LogP contribution in [0, 0.1) is 0 Å². The third-order valence-electron chi connectivity index (χ3n) is 3.52. The lowest BCUT2D eigenvalue weighted by molar-refractivity contribution is 0.477. The summed E-state index contributed by atoms with van der Waals surface area (Å²) in [5.41, 5.74) is 9.57. The zero-order chi connectivity index (χ0) is 13.5. The first-order valence-electron chi connectivity index (χ1n) is 6.66. The van der Waals surface area contributed by atoms with Crippen LogP contribution in [0.4, 0.5) is 0 Å². The Morgan fingerprint density at radius 2 is 1.95 bits per heavy atom. The van der Waals surface area contributed by atoms with Gasteiger partial charge < -0.3 is 10.7 Å². The molecule has 0 saturated heterocycles. The number of aromatic nitrogens is 2. The van der Waals surface area contributed by atoms with Crippen molar-refractivity contribution in [3.8, 4) is 0 Å². The smallest absolute Gasteiger partial charge is 0.0495 e. The Hall–Kier alpha value is -1.87. The third kappa shape index (κ3) is 2.47. The number of nitrogens with two attached hydrogens (primary N) is 1. The number of hydrogen-bond acceptors (Lipinski definition) is 2. The monoisotopic (exact) mass is 253 g/mol. The Morgan fingerprint density at radius 3 is 2.74 bits per heavy atom. The first-order valence-corrected chi connectivity index (χ1v) is 6.66. The van der Waals surface area contributed by atoms with Gasteiger partial charge >= 0.3 is 0 Å². The molecule has 2 heterocycles. The molecule has 2 aromatic heterocycles. The number of aromatic amines is 1. The lowest BCUT2D eigenvalue weighted by Crippen LogP contribution is -2.32. The molecule has 0 aliphatic rings. The number of hydrogen-bond donors (Lipinski definition) is 2. The number of fused-ring (bicyclic) bond motifs is 3. The highest BCUT2D eigenvalue weighted by atomic mass is 14.7. The molecule has 0 atom stereocenters. The van der Waals surface area contributed by atoms with E-state index >= 15 is 0 Å². The molecule has 0 saturated carbocycles. The molecule has 0 bridgehead atoms. The van der Waals surface area contributed by atoms with Gasteiger partial charge in [0.15, 0.2) is 0 Å². The second kappa shape index (κ2) is 4.35. The molecule has 0 unspecified atom stereocenters. The van der Waals surface area contributed by atoms with Crippen LogP contribution in [0.3, 0.4) is 0 Å². The van der Waals surface area contributed by atoms with Crippen molar-refractivity contribution in [2.45, 2.75) is 32.2 Å². The molecule has 3 heteroatoms. The van der Waals surface area contributed by atoms with Gasteiger partial charge in [-0.05, 0) is 50.5 Å². The minimum absolute atomic E-state index is 0.114. The lowest BCUT2D eigenvalue weighted by atomic mass is 9.96. The van der Waals surface area contributed by atoms with Crippen LogP contribution >= 0.6 is 0 Å². The topological polar surface area (TPSA) is 54.7 Å². The summed E-state index contributed by atoms with van der Waals surface area (Å²) in [6.07, 6.45) is 5.73. The van der Waals surface area contributed by atoms with E-state index in [2.05, 4.69) is 42.0 Å². The molecule has 3 aromatic rings. The van der Waals surface area contributed by atoms with Crippen LogP contribution in [0.5, 0.6) is 0 Å². The van der Waals surface area contributed by atoms with Crippen LogP contribution in [0.1, 0.15) is 25.8 Å². The number of aryl methyl sites for hydroxylation is 1. The average Bonchev–Trinajstić information content (AvgIpc) is 2.73. The van der Waals surface area contributed by atoms with E-state index < -0.39 is 0 Å². The number of pyridine rings is 1. The SMILES string of the molecule is CC(C)(N)CCc1ccc2[nH]c3ccncc3c2c1. The zero-order valence-corrected chi connectivity index (χ0v) is 11.4. The van der Waals surface area contributed by atoms with Crippen molar-refractivity contribution in [3.63, 3.8) is 0 Å². The summed E-state index contributed by atoms with van der Waals surface area (Å²) in [5.74, 6) is 0. The highest BCUT2D eigenvalue weighted by molar-refractivity contribution is 6.06. The number of nitrogens with zero attached hydrogens (tertiary/aromatic N) is 1. The van der Waals surface area contributed by atoms with Crippen molar-refractivity contribution in [1.82, 2.24) is 9.97 Å². The standard InChI is InChI=1S/C16H19N3/c1-16(2,17)7-5-11-3-4-14-12(9-11)13-10-18-8-6-15(13)19-14/h3-4,6,8-10,19H,5,7,17H2,1-2H3. The maximum atomic E-state index is 6.05. The molecule has 98 valence electrons. The van der Waals surface area contributed by atoms with Gasteiger partial charge in [0.1, 0.15) is 0 Å². The lowest BCUT2D eigenvalue weighted by Gasteiger charge is -2.17. The molecule has 3 N–H and O–H groups in total. The van der Waals surface area contributed by atoms with Crippen LogP contribution in [0.2, 0.25) is 0 Å². The van der Waals surface area contributed by atoms with Crippen LogP contribution in [0.25, 0.3) is 21.8 Å². The fourth-order valence-electron chi connectivity index (χ4n) is 2.41. The fraction of sp³-hybridized carbons (Fsp3) is 0.312. The molecule has 3 rings (SSSR count). The molecule has 0 spiro atoms. The first kappa shape index (κ1) is 12.2. The van der Waals surface area contributed by atoms with Crippen molar-refractivity contribution in [2.75, 3.05) is 0 Å². The maximum absolute atomic E-state index is 6.05. The summed E-state index contributed by atoms with van der Waals surface area (Å²) >= 11 is 0. The molecular formula is C16H19N3. The van der Waals surface area contributed by atoms with Crippen molar-refractivity contribution >= 4 is 21.8 Å². The largest absolute Gasteiger partial charge is 0.354 e. The molecule has 0 aliphatic heterocycles. The Kier molecular flexibility index (Phi) is 2.79. The minimum atomic E-state index is -0.114. The van der Waals surface area contributed by atoms with Crippen molar-refractivity contribution in [3.05, 3.63) is 42.2 Å².